The van der Waals surface area contributed by atoms with Gasteiger partial charge in [-0.05, 0) is 11.1 Å². The normalized spacial score (nSPS) is 26.8. The summed E-state index contributed by atoms with van der Waals surface area (Å²) in [7, 11) is 0. The van der Waals surface area contributed by atoms with Crippen LogP contribution < -0.4 is 11.5 Å². The number of benzene rings is 1. The lowest BCUT2D eigenvalue weighted by molar-refractivity contribution is 0.630. The zero-order chi connectivity index (χ0) is 8.55. The summed E-state index contributed by atoms with van der Waals surface area (Å²) < 4.78 is 0. The molecule has 62 valence electrons. The molecule has 2 atom stereocenters. The average molecular weight is 160 g/mol. The Bertz CT molecular complexity index is 317. The van der Waals surface area contributed by atoms with Gasteiger partial charge in [-0.25, -0.2) is 0 Å². The molecule has 0 saturated carbocycles. The maximum atomic E-state index is 5.91. The predicted molar refractivity (Wildman–Crippen MR) is 50.4 cm³/mol. The Morgan fingerprint density at radius 2 is 1.83 bits per heavy atom. The fraction of sp³-hybridized carbons (Fsp3) is 0.200. The van der Waals surface area contributed by atoms with Crippen LogP contribution in [0.25, 0.3) is 6.08 Å². The molecule has 0 radical (unpaired) electrons. The summed E-state index contributed by atoms with van der Waals surface area (Å²) in [5.74, 6) is 0. The zero-order valence-electron chi connectivity index (χ0n) is 6.77. The number of nitrogens with two attached hydrogens (primary N) is 2. The Balaban J connectivity index is 2.52. The van der Waals surface area contributed by atoms with E-state index in [1.165, 1.54) is 5.56 Å². The molecule has 0 heterocycles. The molecule has 0 fully saturated rings. The molecule has 1 aromatic carbocycles. The highest BCUT2D eigenvalue weighted by Crippen LogP contribution is 2.24. The molecule has 0 aliphatic heterocycles. The SMILES string of the molecule is N[C@@H]1C=Cc2ccccc2[C@H]1N. The van der Waals surface area contributed by atoms with Gasteiger partial charge < -0.3 is 11.5 Å². The summed E-state index contributed by atoms with van der Waals surface area (Å²) in [6.07, 6.45) is 3.98. The summed E-state index contributed by atoms with van der Waals surface area (Å²) in [5.41, 5.74) is 14.0. The molecule has 0 amide bonds. The molecule has 1 aliphatic rings. The minimum Gasteiger partial charge on any atom is -0.323 e. The van der Waals surface area contributed by atoms with Gasteiger partial charge >= 0.3 is 0 Å². The predicted octanol–water partition coefficient (Wildman–Crippen LogP) is 1.04. The molecule has 1 aromatic rings. The molecule has 0 saturated heterocycles. The second-order valence-electron chi connectivity index (χ2n) is 3.09. The van der Waals surface area contributed by atoms with Crippen LogP contribution in [-0.2, 0) is 0 Å². The van der Waals surface area contributed by atoms with E-state index in [-0.39, 0.29) is 12.1 Å². The van der Waals surface area contributed by atoms with Crippen molar-refractivity contribution in [2.24, 2.45) is 11.5 Å². The van der Waals surface area contributed by atoms with Crippen LogP contribution in [0.15, 0.2) is 30.3 Å². The number of rotatable bonds is 0. The average Bonchev–Trinajstić information content (AvgIpc) is 2.12. The monoisotopic (exact) mass is 160 g/mol. The van der Waals surface area contributed by atoms with E-state index in [1.807, 2.05) is 30.4 Å². The molecule has 0 aromatic heterocycles. The van der Waals surface area contributed by atoms with Gasteiger partial charge in [0.1, 0.15) is 0 Å². The molecule has 0 bridgehead atoms. The smallest absolute Gasteiger partial charge is 0.0491 e. The van der Waals surface area contributed by atoms with Gasteiger partial charge in [0.05, 0.1) is 0 Å². The first-order chi connectivity index (χ1) is 5.79. The molecule has 4 N–H and O–H groups in total. The van der Waals surface area contributed by atoms with Crippen LogP contribution in [0.1, 0.15) is 17.2 Å². The van der Waals surface area contributed by atoms with Gasteiger partial charge in [0.25, 0.3) is 0 Å². The van der Waals surface area contributed by atoms with Gasteiger partial charge in [-0.1, -0.05) is 36.4 Å². The number of hydrogen-bond acceptors (Lipinski definition) is 2. The van der Waals surface area contributed by atoms with Crippen LogP contribution in [0.2, 0.25) is 0 Å². The van der Waals surface area contributed by atoms with E-state index in [2.05, 4.69) is 6.07 Å². The van der Waals surface area contributed by atoms with Crippen LogP contribution in [0, 0.1) is 0 Å². The zero-order valence-corrected chi connectivity index (χ0v) is 6.77. The maximum absolute atomic E-state index is 5.91. The second-order valence-corrected chi connectivity index (χ2v) is 3.09. The lowest BCUT2D eigenvalue weighted by atomic mass is 9.90. The van der Waals surface area contributed by atoms with Crippen LogP contribution in [0.3, 0.4) is 0 Å². The highest BCUT2D eigenvalue weighted by Gasteiger charge is 2.18. The minimum absolute atomic E-state index is 0.0418. The van der Waals surface area contributed by atoms with Crippen molar-refractivity contribution in [2.75, 3.05) is 0 Å². The summed E-state index contributed by atoms with van der Waals surface area (Å²) in [6.45, 7) is 0. The van der Waals surface area contributed by atoms with Crippen molar-refractivity contribution in [3.63, 3.8) is 0 Å². The number of hydrogen-bond donors (Lipinski definition) is 2. The van der Waals surface area contributed by atoms with Crippen molar-refractivity contribution >= 4 is 6.08 Å². The first-order valence-corrected chi connectivity index (χ1v) is 4.07. The van der Waals surface area contributed by atoms with Crippen LogP contribution in [0.5, 0.6) is 0 Å². The van der Waals surface area contributed by atoms with Crippen molar-refractivity contribution in [3.8, 4) is 0 Å². The maximum Gasteiger partial charge on any atom is 0.0491 e. The van der Waals surface area contributed by atoms with E-state index < -0.39 is 0 Å². The highest BCUT2D eigenvalue weighted by molar-refractivity contribution is 5.58. The van der Waals surface area contributed by atoms with E-state index in [0.717, 1.165) is 5.56 Å². The first kappa shape index (κ1) is 7.53. The summed E-state index contributed by atoms with van der Waals surface area (Å²) >= 11 is 0. The Morgan fingerprint density at radius 1 is 1.08 bits per heavy atom. The molecule has 2 rings (SSSR count). The topological polar surface area (TPSA) is 52.0 Å². The third-order valence-corrected chi connectivity index (χ3v) is 2.27. The van der Waals surface area contributed by atoms with Gasteiger partial charge in [-0.2, -0.15) is 0 Å². The van der Waals surface area contributed by atoms with Gasteiger partial charge in [0, 0.05) is 12.1 Å². The van der Waals surface area contributed by atoms with E-state index in [1.54, 1.807) is 0 Å². The second kappa shape index (κ2) is 2.73. The van der Waals surface area contributed by atoms with Gasteiger partial charge in [0.15, 0.2) is 0 Å². The molecule has 0 spiro atoms. The van der Waals surface area contributed by atoms with E-state index in [9.17, 15) is 0 Å². The van der Waals surface area contributed by atoms with E-state index in [0.29, 0.717) is 0 Å². The van der Waals surface area contributed by atoms with E-state index in [4.69, 9.17) is 11.5 Å². The Morgan fingerprint density at radius 3 is 2.67 bits per heavy atom. The molecule has 2 nitrogen and oxygen atoms in total. The van der Waals surface area contributed by atoms with Gasteiger partial charge in [-0.3, -0.25) is 0 Å². The van der Waals surface area contributed by atoms with Crippen LogP contribution in [-0.4, -0.2) is 6.04 Å². The van der Waals surface area contributed by atoms with Crippen molar-refractivity contribution in [1.82, 2.24) is 0 Å². The third-order valence-electron chi connectivity index (χ3n) is 2.27. The van der Waals surface area contributed by atoms with Crippen LogP contribution in [0.4, 0.5) is 0 Å². The molecule has 12 heavy (non-hydrogen) atoms. The molecule has 1 aliphatic carbocycles. The third kappa shape index (κ3) is 1.05. The number of fused-ring (bicyclic) bond motifs is 1. The highest BCUT2D eigenvalue weighted by atomic mass is 14.8. The molecular weight excluding hydrogens is 148 g/mol. The lowest BCUT2D eigenvalue weighted by Gasteiger charge is -2.23. The molecule has 2 heteroatoms. The fourth-order valence-corrected chi connectivity index (χ4v) is 1.51. The Hall–Kier alpha value is -1.12. The summed E-state index contributed by atoms with van der Waals surface area (Å²) in [6, 6.07) is 7.99. The quantitative estimate of drug-likeness (QED) is 0.595. The van der Waals surface area contributed by atoms with Gasteiger partial charge in [0.2, 0.25) is 0 Å². The fourth-order valence-electron chi connectivity index (χ4n) is 1.51. The Labute approximate surface area is 71.9 Å². The van der Waals surface area contributed by atoms with E-state index >= 15 is 0 Å². The lowest BCUT2D eigenvalue weighted by Crippen LogP contribution is -2.34. The van der Waals surface area contributed by atoms with Crippen molar-refractivity contribution < 1.29 is 0 Å². The largest absolute Gasteiger partial charge is 0.323 e. The summed E-state index contributed by atoms with van der Waals surface area (Å²) in [5, 5.41) is 0. The van der Waals surface area contributed by atoms with Crippen molar-refractivity contribution in [2.45, 2.75) is 12.1 Å². The van der Waals surface area contributed by atoms with Crippen molar-refractivity contribution in [1.29, 1.82) is 0 Å². The van der Waals surface area contributed by atoms with Crippen molar-refractivity contribution in [3.05, 3.63) is 41.5 Å². The molecular formula is C10H12N2. The molecule has 0 unspecified atom stereocenters. The Kier molecular flexibility index (Phi) is 1.71. The first-order valence-electron chi connectivity index (χ1n) is 4.07. The summed E-state index contributed by atoms with van der Waals surface area (Å²) in [4.78, 5) is 0. The standard InChI is InChI=1S/C10H12N2/c11-9-6-5-7-3-1-2-4-8(7)10(9)12/h1-6,9-10H,11-12H2/t9-,10-/m1/s1. The van der Waals surface area contributed by atoms with Gasteiger partial charge in [-0.15, -0.1) is 0 Å². The van der Waals surface area contributed by atoms with Crippen LogP contribution >= 0.6 is 0 Å². The minimum atomic E-state index is -0.0498.